The maximum Gasteiger partial charge on any atom is 0.469 e. The Balaban J connectivity index is 3.92. The molecular weight excluding hydrogens is 457 g/mol. The quantitative estimate of drug-likeness (QED) is 0.0760. The normalized spacial score (nSPS) is 12.1. The van der Waals surface area contributed by atoms with E-state index in [-0.39, 0.29) is 6.61 Å². The minimum absolute atomic E-state index is 0.160. The summed E-state index contributed by atoms with van der Waals surface area (Å²) in [6.45, 7) is 8.43. The molecule has 0 saturated carbocycles. The maximum absolute atomic E-state index is 10.7. The third-order valence-corrected chi connectivity index (χ3v) is 7.55. The van der Waals surface area contributed by atoms with E-state index < -0.39 is 7.82 Å². The summed E-state index contributed by atoms with van der Waals surface area (Å²) in [4.78, 5) is 20.2. The van der Waals surface area contributed by atoms with Crippen molar-refractivity contribution in [1.29, 1.82) is 0 Å². The molecule has 2 N–H and O–H groups in total. The highest BCUT2D eigenvalue weighted by atomic mass is 31.2. The van der Waals surface area contributed by atoms with Crippen LogP contribution >= 0.6 is 7.82 Å². The smallest absolute Gasteiger partial charge is 0.303 e. The van der Waals surface area contributed by atoms with Crippen LogP contribution in [0.25, 0.3) is 0 Å². The molecule has 0 fully saturated rings. The number of hydrogen-bond acceptors (Lipinski definition) is 3. The highest BCUT2D eigenvalue weighted by Gasteiger charge is 2.12. The molecule has 35 heavy (non-hydrogen) atoms. The monoisotopic (exact) mass is 519 g/mol. The largest absolute Gasteiger partial charge is 0.469 e. The van der Waals surface area contributed by atoms with Gasteiger partial charge in [-0.15, -0.1) is 0 Å². The lowest BCUT2D eigenvalue weighted by Gasteiger charge is -2.22. The van der Waals surface area contributed by atoms with Crippen LogP contribution < -0.4 is 0 Å². The van der Waals surface area contributed by atoms with Crippen molar-refractivity contribution in [3.05, 3.63) is 0 Å². The number of phosphoric acid groups is 1. The molecule has 0 aliphatic carbocycles. The third kappa shape index (κ3) is 30.2. The second kappa shape index (κ2) is 27.1. The molecule has 0 unspecified atom stereocenters. The van der Waals surface area contributed by atoms with E-state index in [1.54, 1.807) is 0 Å². The SMILES string of the molecule is CCCCCCCCCCCN(CCCCCCCCCCC)CCCCCCCOP(=O)(O)O. The van der Waals surface area contributed by atoms with Gasteiger partial charge in [0.2, 0.25) is 0 Å². The van der Waals surface area contributed by atoms with Crippen molar-refractivity contribution >= 4 is 7.82 Å². The Hall–Kier alpha value is 0.0700. The molecule has 0 bridgehead atoms. The van der Waals surface area contributed by atoms with E-state index in [1.165, 1.54) is 148 Å². The Labute approximate surface area is 219 Å². The first-order valence-electron chi connectivity index (χ1n) is 15.4. The lowest BCUT2D eigenvalue weighted by molar-refractivity contribution is 0.193. The fraction of sp³-hybridized carbons (Fsp3) is 1.00. The van der Waals surface area contributed by atoms with Gasteiger partial charge < -0.3 is 14.7 Å². The highest BCUT2D eigenvalue weighted by molar-refractivity contribution is 7.46. The van der Waals surface area contributed by atoms with E-state index in [1.807, 2.05) is 0 Å². The fourth-order valence-electron chi connectivity index (χ4n) is 4.78. The van der Waals surface area contributed by atoms with E-state index in [0.29, 0.717) is 0 Å². The van der Waals surface area contributed by atoms with E-state index >= 15 is 0 Å². The van der Waals surface area contributed by atoms with Gasteiger partial charge in [-0.3, -0.25) is 4.52 Å². The summed E-state index contributed by atoms with van der Waals surface area (Å²) in [6, 6.07) is 0. The molecule has 0 aromatic heterocycles. The molecule has 0 aromatic rings. The third-order valence-electron chi connectivity index (χ3n) is 7.03. The molecule has 0 saturated heterocycles. The fourth-order valence-corrected chi connectivity index (χ4v) is 5.15. The first-order valence-corrected chi connectivity index (χ1v) is 16.9. The van der Waals surface area contributed by atoms with Crippen LogP contribution in [-0.2, 0) is 9.09 Å². The molecule has 0 radical (unpaired) electrons. The molecule has 0 heterocycles. The molecule has 0 spiro atoms. The summed E-state index contributed by atoms with van der Waals surface area (Å²) in [7, 11) is -4.30. The van der Waals surface area contributed by atoms with Crippen molar-refractivity contribution in [2.75, 3.05) is 26.2 Å². The topological polar surface area (TPSA) is 70.0 Å². The van der Waals surface area contributed by atoms with Gasteiger partial charge in [0.15, 0.2) is 0 Å². The van der Waals surface area contributed by atoms with Gasteiger partial charge in [0.05, 0.1) is 6.61 Å². The van der Waals surface area contributed by atoms with Crippen molar-refractivity contribution in [3.63, 3.8) is 0 Å². The molecule has 0 rings (SSSR count). The Kier molecular flexibility index (Phi) is 27.2. The van der Waals surface area contributed by atoms with Gasteiger partial charge in [0.1, 0.15) is 0 Å². The van der Waals surface area contributed by atoms with Crippen molar-refractivity contribution in [2.45, 2.75) is 162 Å². The number of rotatable bonds is 29. The van der Waals surface area contributed by atoms with Gasteiger partial charge in [0, 0.05) is 0 Å². The van der Waals surface area contributed by atoms with Gasteiger partial charge in [-0.1, -0.05) is 136 Å². The Morgan fingerprint density at radius 3 is 1.09 bits per heavy atom. The summed E-state index contributed by atoms with van der Waals surface area (Å²) in [5.41, 5.74) is 0. The molecule has 0 aliphatic heterocycles. The van der Waals surface area contributed by atoms with Crippen LogP contribution in [0, 0.1) is 0 Å². The number of nitrogens with zero attached hydrogens (tertiary/aromatic N) is 1. The zero-order valence-corrected chi connectivity index (χ0v) is 24.6. The predicted molar refractivity (Wildman–Crippen MR) is 152 cm³/mol. The van der Waals surface area contributed by atoms with Crippen LogP contribution in [0.4, 0.5) is 0 Å². The van der Waals surface area contributed by atoms with Crippen molar-refractivity contribution in [1.82, 2.24) is 4.90 Å². The summed E-state index contributed by atoms with van der Waals surface area (Å²) in [5.74, 6) is 0. The zero-order chi connectivity index (χ0) is 25.9. The van der Waals surface area contributed by atoms with Gasteiger partial charge in [-0.05, 0) is 45.3 Å². The van der Waals surface area contributed by atoms with E-state index in [9.17, 15) is 4.57 Å². The molecular formula is C29H62NO4P. The molecule has 0 aromatic carbocycles. The van der Waals surface area contributed by atoms with E-state index in [0.717, 1.165) is 19.3 Å². The minimum Gasteiger partial charge on any atom is -0.303 e. The first-order chi connectivity index (χ1) is 17.0. The van der Waals surface area contributed by atoms with Crippen LogP contribution in [-0.4, -0.2) is 40.9 Å². The van der Waals surface area contributed by atoms with Gasteiger partial charge >= 0.3 is 7.82 Å². The minimum atomic E-state index is -4.30. The van der Waals surface area contributed by atoms with Crippen LogP contribution in [0.1, 0.15) is 162 Å². The second-order valence-corrected chi connectivity index (χ2v) is 11.8. The van der Waals surface area contributed by atoms with Crippen LogP contribution in [0.15, 0.2) is 0 Å². The number of phosphoric ester groups is 1. The molecule has 0 aliphatic rings. The number of hydrogen-bond donors (Lipinski definition) is 2. The Bertz CT molecular complexity index is 436. The molecule has 5 nitrogen and oxygen atoms in total. The molecule has 6 heteroatoms. The first kappa shape index (κ1) is 35.1. The van der Waals surface area contributed by atoms with Crippen LogP contribution in [0.2, 0.25) is 0 Å². The Morgan fingerprint density at radius 1 is 0.486 bits per heavy atom. The second-order valence-electron chi connectivity index (χ2n) is 10.6. The van der Waals surface area contributed by atoms with Crippen molar-refractivity contribution < 1.29 is 18.9 Å². The molecule has 0 atom stereocenters. The summed E-state index contributed by atoms with van der Waals surface area (Å²) in [6.07, 6.45) is 30.3. The zero-order valence-electron chi connectivity index (χ0n) is 23.7. The summed E-state index contributed by atoms with van der Waals surface area (Å²) >= 11 is 0. The van der Waals surface area contributed by atoms with Crippen LogP contribution in [0.5, 0.6) is 0 Å². The van der Waals surface area contributed by atoms with Gasteiger partial charge in [0.25, 0.3) is 0 Å². The lowest BCUT2D eigenvalue weighted by atomic mass is 10.1. The molecule has 0 amide bonds. The maximum atomic E-state index is 10.7. The average molecular weight is 520 g/mol. The predicted octanol–water partition coefficient (Wildman–Crippen LogP) is 9.41. The highest BCUT2D eigenvalue weighted by Crippen LogP contribution is 2.35. The average Bonchev–Trinajstić information content (AvgIpc) is 2.82. The van der Waals surface area contributed by atoms with Gasteiger partial charge in [-0.25, -0.2) is 4.57 Å². The van der Waals surface area contributed by atoms with Crippen molar-refractivity contribution in [3.8, 4) is 0 Å². The molecule has 212 valence electrons. The summed E-state index contributed by atoms with van der Waals surface area (Å²) in [5, 5.41) is 0. The van der Waals surface area contributed by atoms with E-state index in [4.69, 9.17) is 9.79 Å². The lowest BCUT2D eigenvalue weighted by Crippen LogP contribution is -2.27. The van der Waals surface area contributed by atoms with Crippen molar-refractivity contribution in [2.24, 2.45) is 0 Å². The summed E-state index contributed by atoms with van der Waals surface area (Å²) < 4.78 is 15.2. The Morgan fingerprint density at radius 2 is 0.771 bits per heavy atom. The standard InChI is InChI=1S/C29H62NO4P/c1-3-5-7-9-11-13-15-18-22-26-30(27-23-19-16-14-12-10-8-6-4-2)28-24-20-17-21-25-29-34-35(31,32)33/h3-29H2,1-2H3,(H2,31,32,33). The van der Waals surface area contributed by atoms with Crippen LogP contribution in [0.3, 0.4) is 0 Å². The van der Waals surface area contributed by atoms with Gasteiger partial charge in [-0.2, -0.15) is 0 Å². The van der Waals surface area contributed by atoms with E-state index in [2.05, 4.69) is 23.3 Å². The number of unbranched alkanes of at least 4 members (excludes halogenated alkanes) is 20.